The Morgan fingerprint density at radius 3 is 2.69 bits per heavy atom. The molecule has 0 heterocycles. The van der Waals surface area contributed by atoms with Gasteiger partial charge in [-0.05, 0) is 53.9 Å². The molecule has 4 N–H and O–H groups in total. The zero-order valence-electron chi connectivity index (χ0n) is 9.97. The molecule has 3 nitrogen and oxygen atoms in total. The maximum Gasteiger partial charge on any atom is 0.0788 e. The van der Waals surface area contributed by atoms with Gasteiger partial charge in [0.1, 0.15) is 0 Å². The van der Waals surface area contributed by atoms with Crippen molar-refractivity contribution in [1.29, 1.82) is 0 Å². The molecular formula is C12H19BrN2O. The zero-order valence-corrected chi connectivity index (χ0v) is 11.6. The summed E-state index contributed by atoms with van der Waals surface area (Å²) in [6.45, 7) is 6.26. The summed E-state index contributed by atoms with van der Waals surface area (Å²) in [5, 5.41) is 13.1. The van der Waals surface area contributed by atoms with E-state index >= 15 is 0 Å². The Kier molecular flexibility index (Phi) is 4.21. The molecule has 0 fully saturated rings. The number of nitrogens with one attached hydrogen (secondary N) is 1. The first-order valence-electron chi connectivity index (χ1n) is 5.37. The summed E-state index contributed by atoms with van der Waals surface area (Å²) in [5.74, 6) is 0. The van der Waals surface area contributed by atoms with Gasteiger partial charge < -0.3 is 16.2 Å². The minimum absolute atomic E-state index is 0.519. The highest BCUT2D eigenvalue weighted by atomic mass is 79.9. The number of rotatable bonds is 4. The summed E-state index contributed by atoms with van der Waals surface area (Å²) in [6.07, 6.45) is 0.714. The van der Waals surface area contributed by atoms with E-state index in [1.165, 1.54) is 0 Å². The van der Waals surface area contributed by atoms with Gasteiger partial charge in [0, 0.05) is 22.4 Å². The number of aryl methyl sites for hydroxylation is 1. The van der Waals surface area contributed by atoms with Crippen LogP contribution in [0.4, 0.5) is 11.4 Å². The predicted octanol–water partition coefficient (Wildman–Crippen LogP) is 2.91. The van der Waals surface area contributed by atoms with Crippen molar-refractivity contribution in [2.45, 2.75) is 32.8 Å². The van der Waals surface area contributed by atoms with E-state index < -0.39 is 5.60 Å². The van der Waals surface area contributed by atoms with Crippen LogP contribution in [0.15, 0.2) is 16.6 Å². The molecule has 1 aromatic carbocycles. The first kappa shape index (κ1) is 13.3. The Hall–Kier alpha value is -0.740. The molecule has 0 saturated carbocycles. The van der Waals surface area contributed by atoms with Crippen molar-refractivity contribution in [3.63, 3.8) is 0 Å². The molecule has 16 heavy (non-hydrogen) atoms. The number of halogens is 1. The van der Waals surface area contributed by atoms with Crippen molar-refractivity contribution < 1.29 is 5.11 Å². The number of benzene rings is 1. The second-order valence-corrected chi connectivity index (χ2v) is 5.25. The number of nitrogens with two attached hydrogens (primary N) is 1. The molecule has 1 unspecified atom stereocenters. The van der Waals surface area contributed by atoms with Gasteiger partial charge in [0.25, 0.3) is 0 Å². The highest BCUT2D eigenvalue weighted by Gasteiger charge is 2.17. The van der Waals surface area contributed by atoms with Crippen molar-refractivity contribution in [3.05, 3.63) is 22.2 Å². The lowest BCUT2D eigenvalue weighted by atomic mass is 10.0. The number of nitrogen functional groups attached to an aromatic ring is 1. The normalized spacial score (nSPS) is 14.6. The van der Waals surface area contributed by atoms with E-state index in [1.54, 1.807) is 0 Å². The second-order valence-electron chi connectivity index (χ2n) is 4.39. The summed E-state index contributed by atoms with van der Waals surface area (Å²) in [7, 11) is 0. The maximum absolute atomic E-state index is 9.90. The summed E-state index contributed by atoms with van der Waals surface area (Å²) < 4.78 is 0.919. The second kappa shape index (κ2) is 5.06. The first-order chi connectivity index (χ1) is 7.35. The van der Waals surface area contributed by atoms with Gasteiger partial charge in [-0.25, -0.2) is 0 Å². The van der Waals surface area contributed by atoms with E-state index in [-0.39, 0.29) is 0 Å². The van der Waals surface area contributed by atoms with Crippen LogP contribution in [0.3, 0.4) is 0 Å². The molecule has 0 aliphatic rings. The molecule has 1 atom stereocenters. The monoisotopic (exact) mass is 286 g/mol. The third kappa shape index (κ3) is 3.39. The molecule has 0 aliphatic heterocycles. The SMILES string of the molecule is CCC(C)(O)CNc1cc(C)c(N)cc1Br. The third-order valence-electron chi connectivity index (χ3n) is 2.78. The van der Waals surface area contributed by atoms with Gasteiger partial charge in [-0.15, -0.1) is 0 Å². The molecule has 90 valence electrons. The molecule has 0 radical (unpaired) electrons. The molecule has 0 aromatic heterocycles. The summed E-state index contributed by atoms with van der Waals surface area (Å²) in [5.41, 5.74) is 7.86. The number of hydrogen-bond acceptors (Lipinski definition) is 3. The highest BCUT2D eigenvalue weighted by Crippen LogP contribution is 2.28. The lowest BCUT2D eigenvalue weighted by Gasteiger charge is -2.23. The van der Waals surface area contributed by atoms with Crippen LogP contribution in [-0.2, 0) is 0 Å². The van der Waals surface area contributed by atoms with Crippen LogP contribution in [0.2, 0.25) is 0 Å². The van der Waals surface area contributed by atoms with E-state index in [9.17, 15) is 5.11 Å². The molecule has 4 heteroatoms. The van der Waals surface area contributed by atoms with Crippen LogP contribution in [0.5, 0.6) is 0 Å². The van der Waals surface area contributed by atoms with Gasteiger partial charge in [-0.2, -0.15) is 0 Å². The summed E-state index contributed by atoms with van der Waals surface area (Å²) in [4.78, 5) is 0. The minimum Gasteiger partial charge on any atom is -0.398 e. The Morgan fingerprint density at radius 1 is 1.50 bits per heavy atom. The van der Waals surface area contributed by atoms with Crippen LogP contribution in [0.1, 0.15) is 25.8 Å². The smallest absolute Gasteiger partial charge is 0.0788 e. The Morgan fingerprint density at radius 2 is 2.12 bits per heavy atom. The molecule has 1 aromatic rings. The van der Waals surface area contributed by atoms with Gasteiger partial charge in [0.2, 0.25) is 0 Å². The summed E-state index contributed by atoms with van der Waals surface area (Å²) in [6, 6.07) is 3.85. The topological polar surface area (TPSA) is 58.3 Å². The van der Waals surface area contributed by atoms with E-state index in [2.05, 4.69) is 21.2 Å². The molecule has 0 bridgehead atoms. The largest absolute Gasteiger partial charge is 0.398 e. The quantitative estimate of drug-likeness (QED) is 0.746. The lowest BCUT2D eigenvalue weighted by Crippen LogP contribution is -2.32. The van der Waals surface area contributed by atoms with E-state index in [4.69, 9.17) is 5.73 Å². The fourth-order valence-electron chi connectivity index (χ4n) is 1.24. The van der Waals surface area contributed by atoms with Crippen molar-refractivity contribution in [1.82, 2.24) is 0 Å². The van der Waals surface area contributed by atoms with E-state index in [0.29, 0.717) is 13.0 Å². The predicted molar refractivity (Wildman–Crippen MR) is 72.7 cm³/mol. The van der Waals surface area contributed by atoms with Crippen molar-refractivity contribution in [2.75, 3.05) is 17.6 Å². The average molecular weight is 287 g/mol. The van der Waals surface area contributed by atoms with Gasteiger partial charge in [0.15, 0.2) is 0 Å². The van der Waals surface area contributed by atoms with Gasteiger partial charge in [0.05, 0.1) is 5.60 Å². The van der Waals surface area contributed by atoms with Crippen LogP contribution in [-0.4, -0.2) is 17.3 Å². The van der Waals surface area contributed by atoms with Crippen LogP contribution < -0.4 is 11.1 Å². The van der Waals surface area contributed by atoms with Gasteiger partial charge in [-0.3, -0.25) is 0 Å². The Labute approximate surface area is 105 Å². The zero-order chi connectivity index (χ0) is 12.3. The third-order valence-corrected chi connectivity index (χ3v) is 3.43. The van der Waals surface area contributed by atoms with E-state index in [0.717, 1.165) is 21.4 Å². The van der Waals surface area contributed by atoms with Crippen LogP contribution >= 0.6 is 15.9 Å². The van der Waals surface area contributed by atoms with E-state index in [1.807, 2.05) is 32.9 Å². The van der Waals surface area contributed by atoms with Crippen molar-refractivity contribution in [3.8, 4) is 0 Å². The maximum atomic E-state index is 9.90. The molecule has 0 amide bonds. The Balaban J connectivity index is 2.79. The number of anilines is 2. The summed E-state index contributed by atoms with van der Waals surface area (Å²) >= 11 is 3.45. The van der Waals surface area contributed by atoms with Gasteiger partial charge >= 0.3 is 0 Å². The van der Waals surface area contributed by atoms with Gasteiger partial charge in [-0.1, -0.05) is 6.92 Å². The molecular weight excluding hydrogens is 268 g/mol. The molecule has 1 rings (SSSR count). The minimum atomic E-state index is -0.686. The standard InChI is InChI=1S/C12H19BrN2O/c1-4-12(3,16)7-15-11-5-8(2)10(14)6-9(11)13/h5-6,15-16H,4,7,14H2,1-3H3. The lowest BCUT2D eigenvalue weighted by molar-refractivity contribution is 0.0697. The Bertz CT molecular complexity index is 378. The first-order valence-corrected chi connectivity index (χ1v) is 6.17. The fourth-order valence-corrected chi connectivity index (χ4v) is 1.74. The highest BCUT2D eigenvalue weighted by molar-refractivity contribution is 9.10. The molecule has 0 spiro atoms. The average Bonchev–Trinajstić information content (AvgIpc) is 2.22. The van der Waals surface area contributed by atoms with Crippen molar-refractivity contribution >= 4 is 27.3 Å². The number of aliphatic hydroxyl groups is 1. The van der Waals surface area contributed by atoms with Crippen molar-refractivity contribution in [2.24, 2.45) is 0 Å². The van der Waals surface area contributed by atoms with Crippen LogP contribution in [0.25, 0.3) is 0 Å². The van der Waals surface area contributed by atoms with Crippen LogP contribution in [0, 0.1) is 6.92 Å². The molecule has 0 aliphatic carbocycles. The fraction of sp³-hybridized carbons (Fsp3) is 0.500. The molecule has 0 saturated heterocycles. The number of hydrogen-bond donors (Lipinski definition) is 3.